The maximum atomic E-state index is 13.2. The molecule has 0 unspecified atom stereocenters. The first kappa shape index (κ1) is 24.5. The number of esters is 1. The third-order valence-corrected chi connectivity index (χ3v) is 5.95. The number of amides is 2. The van der Waals surface area contributed by atoms with E-state index in [0.29, 0.717) is 38.0 Å². The predicted octanol–water partition coefficient (Wildman–Crippen LogP) is 3.12. The Labute approximate surface area is 194 Å². The van der Waals surface area contributed by atoms with Crippen molar-refractivity contribution in [1.29, 1.82) is 0 Å². The van der Waals surface area contributed by atoms with Gasteiger partial charge in [-0.15, -0.1) is 0 Å². The molecule has 2 N–H and O–H groups in total. The van der Waals surface area contributed by atoms with Crippen LogP contribution in [0.3, 0.4) is 0 Å². The number of ether oxygens (including phenoxy) is 2. The Hall–Kier alpha value is -3.19. The first-order valence-electron chi connectivity index (χ1n) is 11.3. The Bertz CT molecular complexity index is 996. The number of carbonyl (C=O) groups is 3. The highest BCUT2D eigenvalue weighted by Gasteiger charge is 2.40. The molecule has 0 aromatic heterocycles. The number of hydrogen-bond donors (Lipinski definition) is 2. The van der Waals surface area contributed by atoms with Crippen LogP contribution in [0, 0.1) is 5.41 Å². The molecule has 0 saturated carbocycles. The Morgan fingerprint density at radius 3 is 2.48 bits per heavy atom. The maximum absolute atomic E-state index is 13.2. The molecule has 3 rings (SSSR count). The number of benzene rings is 2. The highest BCUT2D eigenvalue weighted by molar-refractivity contribution is 5.95. The second-order valence-electron chi connectivity index (χ2n) is 8.69. The fourth-order valence-corrected chi connectivity index (χ4v) is 4.15. The van der Waals surface area contributed by atoms with Crippen LogP contribution in [-0.4, -0.2) is 50.7 Å². The molecule has 33 heavy (non-hydrogen) atoms. The van der Waals surface area contributed by atoms with Crippen LogP contribution in [0.1, 0.15) is 42.6 Å². The summed E-state index contributed by atoms with van der Waals surface area (Å²) in [4.78, 5) is 37.3. The van der Waals surface area contributed by atoms with Crippen molar-refractivity contribution in [3.05, 3.63) is 59.7 Å². The van der Waals surface area contributed by atoms with Gasteiger partial charge in [-0.2, -0.15) is 0 Å². The van der Waals surface area contributed by atoms with Crippen molar-refractivity contribution in [2.45, 2.75) is 39.2 Å². The molecule has 1 heterocycles. The fraction of sp³-hybridized carbons (Fsp3) is 0.423. The summed E-state index contributed by atoms with van der Waals surface area (Å²) in [6.07, 6.45) is 1.62. The summed E-state index contributed by atoms with van der Waals surface area (Å²) in [5.74, 6) is -0.772. The Balaban J connectivity index is 1.90. The molecule has 176 valence electrons. The number of carbonyl (C=O) groups excluding carboxylic acids is 3. The highest BCUT2D eigenvalue weighted by atomic mass is 16.5. The van der Waals surface area contributed by atoms with Crippen molar-refractivity contribution in [2.24, 2.45) is 5.41 Å². The van der Waals surface area contributed by atoms with Gasteiger partial charge in [0, 0.05) is 24.8 Å². The van der Waals surface area contributed by atoms with E-state index in [1.54, 1.807) is 6.07 Å². The topological polar surface area (TPSA) is 93.7 Å². The molecule has 7 nitrogen and oxygen atoms in total. The van der Waals surface area contributed by atoms with E-state index in [2.05, 4.69) is 15.4 Å². The molecular weight excluding hydrogens is 420 g/mol. The highest BCUT2D eigenvalue weighted by Crippen LogP contribution is 2.37. The predicted molar refractivity (Wildman–Crippen MR) is 126 cm³/mol. The van der Waals surface area contributed by atoms with E-state index in [4.69, 9.17) is 4.74 Å². The molecule has 2 aromatic rings. The average Bonchev–Trinajstić information content (AvgIpc) is 2.82. The van der Waals surface area contributed by atoms with Crippen molar-refractivity contribution in [2.75, 3.05) is 26.9 Å². The number of rotatable bonds is 8. The largest absolute Gasteiger partial charge is 0.468 e. The molecule has 1 fully saturated rings. The summed E-state index contributed by atoms with van der Waals surface area (Å²) in [6.45, 7) is 4.66. The second-order valence-corrected chi connectivity index (χ2v) is 8.69. The van der Waals surface area contributed by atoms with Gasteiger partial charge in [0.05, 0.1) is 12.5 Å². The lowest BCUT2D eigenvalue weighted by Crippen LogP contribution is -2.47. The minimum atomic E-state index is -0.686. The van der Waals surface area contributed by atoms with Crippen molar-refractivity contribution in [3.63, 3.8) is 0 Å². The quantitative estimate of drug-likeness (QED) is 0.601. The SMILES string of the molecule is COC(=O)CNC(=O)C1(Cc2ccccc2-c2cccc(C(=O)NC(C)C)c2)CCOCC1. The van der Waals surface area contributed by atoms with E-state index in [1.165, 1.54) is 7.11 Å². The van der Waals surface area contributed by atoms with Crippen molar-refractivity contribution in [1.82, 2.24) is 10.6 Å². The van der Waals surface area contributed by atoms with Gasteiger partial charge in [0.1, 0.15) is 6.54 Å². The molecule has 0 spiro atoms. The van der Waals surface area contributed by atoms with E-state index in [9.17, 15) is 14.4 Å². The third kappa shape index (κ3) is 6.20. The first-order valence-corrected chi connectivity index (χ1v) is 11.3. The van der Waals surface area contributed by atoms with Crippen LogP contribution in [0.5, 0.6) is 0 Å². The van der Waals surface area contributed by atoms with Crippen LogP contribution in [-0.2, 0) is 25.5 Å². The number of hydrogen-bond acceptors (Lipinski definition) is 5. The smallest absolute Gasteiger partial charge is 0.325 e. The molecular formula is C26H32N2O5. The monoisotopic (exact) mass is 452 g/mol. The van der Waals surface area contributed by atoms with E-state index in [0.717, 1.165) is 16.7 Å². The van der Waals surface area contributed by atoms with Crippen LogP contribution in [0.2, 0.25) is 0 Å². The summed E-state index contributed by atoms with van der Waals surface area (Å²) in [5, 5.41) is 5.67. The zero-order chi connectivity index (χ0) is 23.8. The van der Waals surface area contributed by atoms with Gasteiger partial charge < -0.3 is 20.1 Å². The lowest BCUT2D eigenvalue weighted by atomic mass is 9.73. The summed E-state index contributed by atoms with van der Waals surface area (Å²) >= 11 is 0. The second kappa shape index (κ2) is 11.1. The summed E-state index contributed by atoms with van der Waals surface area (Å²) in [5.41, 5.74) is 2.80. The first-order chi connectivity index (χ1) is 15.8. The van der Waals surface area contributed by atoms with Crippen LogP contribution in [0.25, 0.3) is 11.1 Å². The fourth-order valence-electron chi connectivity index (χ4n) is 4.15. The standard InChI is InChI=1S/C26H32N2O5/c1-18(2)28-24(30)20-9-6-8-19(15-20)22-10-5-4-7-21(22)16-26(11-13-33-14-12-26)25(31)27-17-23(29)32-3/h4-10,15,18H,11-14,16-17H2,1-3H3,(H,27,31)(H,28,30). The molecule has 2 amide bonds. The molecule has 1 saturated heterocycles. The van der Waals surface area contributed by atoms with E-state index >= 15 is 0 Å². The van der Waals surface area contributed by atoms with Crippen molar-refractivity contribution >= 4 is 17.8 Å². The van der Waals surface area contributed by atoms with Crippen molar-refractivity contribution in [3.8, 4) is 11.1 Å². The molecule has 0 atom stereocenters. The van der Waals surface area contributed by atoms with Gasteiger partial charge in [0.15, 0.2) is 0 Å². The van der Waals surface area contributed by atoms with Crippen LogP contribution in [0.4, 0.5) is 0 Å². The minimum absolute atomic E-state index is 0.0466. The third-order valence-electron chi connectivity index (χ3n) is 5.95. The molecule has 2 aromatic carbocycles. The molecule has 1 aliphatic rings. The van der Waals surface area contributed by atoms with E-state index in [1.807, 2.05) is 56.3 Å². The minimum Gasteiger partial charge on any atom is -0.468 e. The summed E-state index contributed by atoms with van der Waals surface area (Å²) in [7, 11) is 1.30. The molecule has 0 aliphatic carbocycles. The van der Waals surface area contributed by atoms with Gasteiger partial charge in [-0.1, -0.05) is 36.4 Å². The Morgan fingerprint density at radius 2 is 1.79 bits per heavy atom. The van der Waals surface area contributed by atoms with Crippen molar-refractivity contribution < 1.29 is 23.9 Å². The lowest BCUT2D eigenvalue weighted by Gasteiger charge is -2.36. The maximum Gasteiger partial charge on any atom is 0.325 e. The number of methoxy groups -OCH3 is 1. The number of nitrogens with one attached hydrogen (secondary N) is 2. The van der Waals surface area contributed by atoms with E-state index < -0.39 is 11.4 Å². The van der Waals surface area contributed by atoms with Gasteiger partial charge in [-0.3, -0.25) is 14.4 Å². The van der Waals surface area contributed by atoms with Gasteiger partial charge >= 0.3 is 5.97 Å². The molecule has 0 bridgehead atoms. The Kier molecular flexibility index (Phi) is 8.22. The normalized spacial score (nSPS) is 15.0. The molecule has 0 radical (unpaired) electrons. The van der Waals surface area contributed by atoms with Gasteiger partial charge in [0.25, 0.3) is 5.91 Å². The van der Waals surface area contributed by atoms with Gasteiger partial charge in [-0.25, -0.2) is 0 Å². The van der Waals surface area contributed by atoms with Crippen LogP contribution >= 0.6 is 0 Å². The lowest BCUT2D eigenvalue weighted by molar-refractivity contribution is -0.144. The zero-order valence-electron chi connectivity index (χ0n) is 19.5. The van der Waals surface area contributed by atoms with Crippen LogP contribution < -0.4 is 10.6 Å². The summed E-state index contributed by atoms with van der Waals surface area (Å²) < 4.78 is 10.2. The average molecular weight is 453 g/mol. The van der Waals surface area contributed by atoms with Gasteiger partial charge in [0.2, 0.25) is 5.91 Å². The van der Waals surface area contributed by atoms with Crippen LogP contribution in [0.15, 0.2) is 48.5 Å². The molecule has 7 heteroatoms. The Morgan fingerprint density at radius 1 is 1.06 bits per heavy atom. The van der Waals surface area contributed by atoms with E-state index in [-0.39, 0.29) is 24.4 Å². The zero-order valence-corrected chi connectivity index (χ0v) is 19.5. The van der Waals surface area contributed by atoms with Gasteiger partial charge in [-0.05, 0) is 61.9 Å². The summed E-state index contributed by atoms with van der Waals surface area (Å²) in [6, 6.07) is 15.5. The molecule has 1 aliphatic heterocycles.